The Morgan fingerprint density at radius 1 is 0.941 bits per heavy atom. The summed E-state index contributed by atoms with van der Waals surface area (Å²) in [4.78, 5) is 11.9. The number of carbonyl (C=O) groups excluding carboxylic acids is 1. The second-order valence-electron chi connectivity index (χ2n) is 4.09. The predicted molar refractivity (Wildman–Crippen MR) is 65.9 cm³/mol. The fourth-order valence-electron chi connectivity index (χ4n) is 2.23. The van der Waals surface area contributed by atoms with Crippen molar-refractivity contribution in [2.75, 3.05) is 6.61 Å². The minimum Gasteiger partial charge on any atom is -0.462 e. The molecule has 0 unspecified atom stereocenters. The lowest BCUT2D eigenvalue weighted by Crippen LogP contribution is -2.18. The summed E-state index contributed by atoms with van der Waals surface area (Å²) >= 11 is 0. The lowest BCUT2D eigenvalue weighted by Gasteiger charge is -2.18. The largest absolute Gasteiger partial charge is 0.462 e. The zero-order valence-corrected chi connectivity index (χ0v) is 9.35. The number of ether oxygens (including phenoxy) is 1. The van der Waals surface area contributed by atoms with E-state index in [-0.39, 0.29) is 5.97 Å². The molecule has 1 aliphatic rings. The van der Waals surface area contributed by atoms with E-state index < -0.39 is 0 Å². The first-order chi connectivity index (χ1) is 8.36. The minimum absolute atomic E-state index is 0.203. The van der Waals surface area contributed by atoms with Crippen LogP contribution in [0.3, 0.4) is 0 Å². The van der Waals surface area contributed by atoms with Gasteiger partial charge in [-0.25, -0.2) is 4.79 Å². The highest BCUT2D eigenvalue weighted by molar-refractivity contribution is 5.99. The molecule has 0 amide bonds. The third-order valence-electron chi connectivity index (χ3n) is 3.04. The highest BCUT2D eigenvalue weighted by Crippen LogP contribution is 2.29. The molecule has 2 nitrogen and oxygen atoms in total. The quantitative estimate of drug-likeness (QED) is 0.696. The van der Waals surface area contributed by atoms with E-state index in [1.807, 2.05) is 48.5 Å². The number of rotatable bonds is 1. The number of cyclic esters (lactones) is 1. The molecule has 2 heteroatoms. The van der Waals surface area contributed by atoms with Crippen molar-refractivity contribution in [2.24, 2.45) is 0 Å². The lowest BCUT2D eigenvalue weighted by atomic mass is 9.93. The van der Waals surface area contributed by atoms with Gasteiger partial charge in [-0.3, -0.25) is 0 Å². The normalized spacial score (nSPS) is 14.0. The van der Waals surface area contributed by atoms with Gasteiger partial charge in [0, 0.05) is 6.42 Å². The highest BCUT2D eigenvalue weighted by Gasteiger charge is 2.22. The van der Waals surface area contributed by atoms with Crippen LogP contribution >= 0.6 is 0 Å². The summed E-state index contributed by atoms with van der Waals surface area (Å²) in [7, 11) is 0. The number of hydrogen-bond acceptors (Lipinski definition) is 2. The molecular formula is C15H12O2. The maximum atomic E-state index is 11.9. The summed E-state index contributed by atoms with van der Waals surface area (Å²) in [6, 6.07) is 15.9. The SMILES string of the molecule is O=C1OCCc2cccc(-c3ccccc3)c21. The van der Waals surface area contributed by atoms with Crippen molar-refractivity contribution in [1.29, 1.82) is 0 Å². The number of fused-ring (bicyclic) bond motifs is 1. The lowest BCUT2D eigenvalue weighted by molar-refractivity contribution is 0.0481. The molecule has 0 saturated carbocycles. The Balaban J connectivity index is 2.21. The van der Waals surface area contributed by atoms with Gasteiger partial charge < -0.3 is 4.74 Å². The standard InChI is InChI=1S/C15H12O2/c16-15-14-12(9-10-17-15)7-4-8-13(14)11-5-2-1-3-6-11/h1-8H,9-10H2. The number of hydrogen-bond donors (Lipinski definition) is 0. The van der Waals surface area contributed by atoms with Gasteiger partial charge in [0.25, 0.3) is 0 Å². The van der Waals surface area contributed by atoms with E-state index in [0.717, 1.165) is 28.7 Å². The molecule has 0 aliphatic carbocycles. The summed E-state index contributed by atoms with van der Waals surface area (Å²) < 4.78 is 5.13. The number of esters is 1. The number of carbonyl (C=O) groups is 1. The highest BCUT2D eigenvalue weighted by atomic mass is 16.5. The van der Waals surface area contributed by atoms with E-state index in [1.54, 1.807) is 0 Å². The van der Waals surface area contributed by atoms with Crippen molar-refractivity contribution >= 4 is 5.97 Å². The summed E-state index contributed by atoms with van der Waals surface area (Å²) in [6.07, 6.45) is 0.807. The van der Waals surface area contributed by atoms with E-state index in [0.29, 0.717) is 6.61 Å². The first kappa shape index (κ1) is 10.1. The Bertz CT molecular complexity index is 558. The molecular weight excluding hydrogens is 212 g/mol. The Morgan fingerprint density at radius 3 is 2.59 bits per heavy atom. The average Bonchev–Trinajstić information content (AvgIpc) is 2.39. The molecule has 0 spiro atoms. The predicted octanol–water partition coefficient (Wildman–Crippen LogP) is 3.07. The van der Waals surface area contributed by atoms with Gasteiger partial charge in [0.15, 0.2) is 0 Å². The maximum absolute atomic E-state index is 11.9. The summed E-state index contributed by atoms with van der Waals surface area (Å²) in [6.45, 7) is 0.490. The van der Waals surface area contributed by atoms with Gasteiger partial charge in [-0.1, -0.05) is 48.5 Å². The molecule has 0 saturated heterocycles. The van der Waals surface area contributed by atoms with Gasteiger partial charge in [-0.2, -0.15) is 0 Å². The van der Waals surface area contributed by atoms with Crippen molar-refractivity contribution in [3.05, 3.63) is 59.7 Å². The van der Waals surface area contributed by atoms with Crippen LogP contribution in [0.15, 0.2) is 48.5 Å². The molecule has 84 valence electrons. The van der Waals surface area contributed by atoms with Gasteiger partial charge >= 0.3 is 5.97 Å². The van der Waals surface area contributed by atoms with Crippen LogP contribution in [0.1, 0.15) is 15.9 Å². The molecule has 0 N–H and O–H groups in total. The smallest absolute Gasteiger partial charge is 0.339 e. The molecule has 2 aromatic rings. The third-order valence-corrected chi connectivity index (χ3v) is 3.04. The van der Waals surface area contributed by atoms with Crippen LogP contribution < -0.4 is 0 Å². The van der Waals surface area contributed by atoms with Crippen LogP contribution in [0, 0.1) is 0 Å². The van der Waals surface area contributed by atoms with Crippen molar-refractivity contribution < 1.29 is 9.53 Å². The van der Waals surface area contributed by atoms with Crippen molar-refractivity contribution in [2.45, 2.75) is 6.42 Å². The van der Waals surface area contributed by atoms with Gasteiger partial charge in [0.2, 0.25) is 0 Å². The molecule has 2 aromatic carbocycles. The first-order valence-corrected chi connectivity index (χ1v) is 5.71. The van der Waals surface area contributed by atoms with Gasteiger partial charge in [-0.15, -0.1) is 0 Å². The Hall–Kier alpha value is -2.09. The van der Waals surface area contributed by atoms with Crippen molar-refractivity contribution in [1.82, 2.24) is 0 Å². The van der Waals surface area contributed by atoms with Crippen LogP contribution in [0.4, 0.5) is 0 Å². The van der Waals surface area contributed by atoms with Gasteiger partial charge in [0.05, 0.1) is 12.2 Å². The molecule has 0 aromatic heterocycles. The summed E-state index contributed by atoms with van der Waals surface area (Å²) in [5.41, 5.74) is 3.84. The van der Waals surface area contributed by atoms with E-state index in [4.69, 9.17) is 4.74 Å². The number of benzene rings is 2. The molecule has 0 atom stereocenters. The molecule has 1 heterocycles. The van der Waals surface area contributed by atoms with Gasteiger partial charge in [-0.05, 0) is 16.7 Å². The van der Waals surface area contributed by atoms with E-state index in [1.165, 1.54) is 0 Å². The van der Waals surface area contributed by atoms with Gasteiger partial charge in [0.1, 0.15) is 0 Å². The second kappa shape index (κ2) is 4.06. The molecule has 0 fully saturated rings. The second-order valence-corrected chi connectivity index (χ2v) is 4.09. The Morgan fingerprint density at radius 2 is 1.76 bits per heavy atom. The molecule has 0 bridgehead atoms. The zero-order valence-electron chi connectivity index (χ0n) is 9.35. The van der Waals surface area contributed by atoms with Crippen LogP contribution in [0.2, 0.25) is 0 Å². The van der Waals surface area contributed by atoms with Crippen LogP contribution in [-0.2, 0) is 11.2 Å². The molecule has 1 aliphatic heterocycles. The monoisotopic (exact) mass is 224 g/mol. The van der Waals surface area contributed by atoms with E-state index in [9.17, 15) is 4.79 Å². The fraction of sp³-hybridized carbons (Fsp3) is 0.133. The van der Waals surface area contributed by atoms with Crippen molar-refractivity contribution in [3.8, 4) is 11.1 Å². The Kier molecular flexibility index (Phi) is 2.41. The summed E-state index contributed by atoms with van der Waals surface area (Å²) in [5.74, 6) is -0.203. The van der Waals surface area contributed by atoms with Crippen LogP contribution in [0.5, 0.6) is 0 Å². The summed E-state index contributed by atoms with van der Waals surface area (Å²) in [5, 5.41) is 0. The molecule has 0 radical (unpaired) electrons. The molecule has 3 rings (SSSR count). The van der Waals surface area contributed by atoms with Crippen LogP contribution in [-0.4, -0.2) is 12.6 Å². The maximum Gasteiger partial charge on any atom is 0.339 e. The molecule has 17 heavy (non-hydrogen) atoms. The van der Waals surface area contributed by atoms with E-state index in [2.05, 4.69) is 0 Å². The topological polar surface area (TPSA) is 26.3 Å². The first-order valence-electron chi connectivity index (χ1n) is 5.71. The minimum atomic E-state index is -0.203. The third kappa shape index (κ3) is 1.72. The van der Waals surface area contributed by atoms with Crippen LogP contribution in [0.25, 0.3) is 11.1 Å². The average molecular weight is 224 g/mol. The Labute approximate surface area is 99.9 Å². The van der Waals surface area contributed by atoms with E-state index >= 15 is 0 Å². The van der Waals surface area contributed by atoms with Crippen molar-refractivity contribution in [3.63, 3.8) is 0 Å². The zero-order chi connectivity index (χ0) is 11.7. The fourth-order valence-corrected chi connectivity index (χ4v) is 2.23.